The Bertz CT molecular complexity index is 270. The number of hydrogen-bond donors (Lipinski definition) is 1. The zero-order valence-electron chi connectivity index (χ0n) is 9.98. The van der Waals surface area contributed by atoms with E-state index in [1.807, 2.05) is 30.3 Å². The van der Waals surface area contributed by atoms with Gasteiger partial charge in [0.1, 0.15) is 0 Å². The van der Waals surface area contributed by atoms with Crippen LogP contribution < -0.4 is 0 Å². The molecule has 0 saturated carbocycles. The van der Waals surface area contributed by atoms with E-state index in [4.69, 9.17) is 5.11 Å². The lowest BCUT2D eigenvalue weighted by molar-refractivity contribution is -0.142. The lowest BCUT2D eigenvalue weighted by Crippen LogP contribution is -2.00. The van der Waals surface area contributed by atoms with Gasteiger partial charge in [-0.2, -0.15) is 0 Å². The van der Waals surface area contributed by atoms with Gasteiger partial charge in [0.25, 0.3) is 0 Å². The van der Waals surface area contributed by atoms with Gasteiger partial charge in [0.15, 0.2) is 0 Å². The van der Waals surface area contributed by atoms with Crippen LogP contribution in [0.3, 0.4) is 0 Å². The standard InChI is InChI=1S/C8H10O.C5H10O2/c9-7-6-8-4-2-1-3-5-8;1-3-5(6)7-4-2/h1-5,9H,6-7H2;3-4H2,1-2H3. The van der Waals surface area contributed by atoms with Crippen LogP contribution in [0.5, 0.6) is 0 Å². The van der Waals surface area contributed by atoms with Crippen LogP contribution in [-0.2, 0) is 16.0 Å². The SMILES string of the molecule is CCOC(=O)CC.OCCc1ccccc1. The van der Waals surface area contributed by atoms with E-state index in [1.54, 1.807) is 13.8 Å². The molecule has 3 heteroatoms. The second-order valence-corrected chi connectivity index (χ2v) is 3.12. The third kappa shape index (κ3) is 8.00. The molecule has 0 aliphatic carbocycles. The number of hydrogen-bond acceptors (Lipinski definition) is 3. The van der Waals surface area contributed by atoms with Gasteiger partial charge in [0.2, 0.25) is 0 Å². The lowest BCUT2D eigenvalue weighted by atomic mass is 10.2. The molecule has 0 saturated heterocycles. The summed E-state index contributed by atoms with van der Waals surface area (Å²) in [6, 6.07) is 9.95. The van der Waals surface area contributed by atoms with Crippen molar-refractivity contribution in [1.29, 1.82) is 0 Å². The van der Waals surface area contributed by atoms with Crippen molar-refractivity contribution in [2.45, 2.75) is 26.7 Å². The highest BCUT2D eigenvalue weighted by Gasteiger charge is 1.91. The van der Waals surface area contributed by atoms with Gasteiger partial charge in [-0.15, -0.1) is 0 Å². The lowest BCUT2D eigenvalue weighted by Gasteiger charge is -1.93. The maximum absolute atomic E-state index is 10.2. The summed E-state index contributed by atoms with van der Waals surface area (Å²) in [5.41, 5.74) is 1.19. The monoisotopic (exact) mass is 224 g/mol. The molecule has 16 heavy (non-hydrogen) atoms. The average molecular weight is 224 g/mol. The highest BCUT2D eigenvalue weighted by Crippen LogP contribution is 1.97. The van der Waals surface area contributed by atoms with Crippen LogP contribution in [0, 0.1) is 0 Å². The van der Waals surface area contributed by atoms with Crippen LogP contribution in [-0.4, -0.2) is 24.3 Å². The number of ether oxygens (including phenoxy) is 1. The highest BCUT2D eigenvalue weighted by atomic mass is 16.5. The Hall–Kier alpha value is -1.35. The first-order valence-corrected chi connectivity index (χ1v) is 5.55. The fourth-order valence-electron chi connectivity index (χ4n) is 1.04. The van der Waals surface area contributed by atoms with Crippen LogP contribution in [0.4, 0.5) is 0 Å². The van der Waals surface area contributed by atoms with Crippen molar-refractivity contribution in [1.82, 2.24) is 0 Å². The number of carbonyl (C=O) groups excluding carboxylic acids is 1. The van der Waals surface area contributed by atoms with E-state index < -0.39 is 0 Å². The van der Waals surface area contributed by atoms with Crippen LogP contribution in [0.2, 0.25) is 0 Å². The van der Waals surface area contributed by atoms with E-state index in [1.165, 1.54) is 5.56 Å². The topological polar surface area (TPSA) is 46.5 Å². The fourth-order valence-corrected chi connectivity index (χ4v) is 1.04. The molecule has 0 unspecified atom stereocenters. The Labute approximate surface area is 97.1 Å². The van der Waals surface area contributed by atoms with E-state index in [0.717, 1.165) is 6.42 Å². The zero-order chi connectivity index (χ0) is 12.2. The molecule has 90 valence electrons. The molecule has 0 aliphatic heterocycles. The minimum absolute atomic E-state index is 0.123. The van der Waals surface area contributed by atoms with Gasteiger partial charge in [0.05, 0.1) is 6.61 Å². The number of aliphatic hydroxyl groups excluding tert-OH is 1. The molecular formula is C13H20O3. The number of benzene rings is 1. The third-order valence-electron chi connectivity index (χ3n) is 1.84. The Balaban J connectivity index is 0.000000293. The molecule has 0 atom stereocenters. The van der Waals surface area contributed by atoms with Crippen molar-refractivity contribution in [2.75, 3.05) is 13.2 Å². The molecule has 3 nitrogen and oxygen atoms in total. The minimum Gasteiger partial charge on any atom is -0.466 e. The molecule has 0 heterocycles. The molecule has 0 aliphatic rings. The van der Waals surface area contributed by atoms with Gasteiger partial charge >= 0.3 is 5.97 Å². The van der Waals surface area contributed by atoms with E-state index in [-0.39, 0.29) is 12.6 Å². The van der Waals surface area contributed by atoms with Gasteiger partial charge in [-0.25, -0.2) is 0 Å². The van der Waals surface area contributed by atoms with Gasteiger partial charge in [0, 0.05) is 13.0 Å². The van der Waals surface area contributed by atoms with Crippen molar-refractivity contribution in [3.8, 4) is 0 Å². The van der Waals surface area contributed by atoms with Gasteiger partial charge in [-0.05, 0) is 18.9 Å². The molecule has 0 spiro atoms. The second kappa shape index (κ2) is 10.2. The van der Waals surface area contributed by atoms with Crippen LogP contribution in [0.1, 0.15) is 25.8 Å². The Morgan fingerprint density at radius 2 is 1.88 bits per heavy atom. The Morgan fingerprint density at radius 1 is 1.25 bits per heavy atom. The molecule has 0 amide bonds. The Morgan fingerprint density at radius 3 is 2.25 bits per heavy atom. The average Bonchev–Trinajstić information content (AvgIpc) is 2.32. The summed E-state index contributed by atoms with van der Waals surface area (Å²) in [6.45, 7) is 4.31. The number of carbonyl (C=O) groups is 1. The predicted octanol–water partition coefficient (Wildman–Crippen LogP) is 2.18. The molecule has 0 fully saturated rings. The smallest absolute Gasteiger partial charge is 0.305 e. The molecular weight excluding hydrogens is 204 g/mol. The molecule has 1 N–H and O–H groups in total. The summed E-state index contributed by atoms with van der Waals surface area (Å²) in [6.07, 6.45) is 1.24. The summed E-state index contributed by atoms with van der Waals surface area (Å²) in [5, 5.41) is 8.52. The van der Waals surface area contributed by atoms with Gasteiger partial charge in [-0.3, -0.25) is 4.79 Å². The van der Waals surface area contributed by atoms with E-state index in [2.05, 4.69) is 4.74 Å². The number of aliphatic hydroxyl groups is 1. The van der Waals surface area contributed by atoms with Crippen LogP contribution in [0.25, 0.3) is 0 Å². The molecule has 1 aromatic carbocycles. The summed E-state index contributed by atoms with van der Waals surface area (Å²) in [5.74, 6) is -0.123. The molecule has 1 rings (SSSR count). The first kappa shape index (κ1) is 14.6. The van der Waals surface area contributed by atoms with Crippen molar-refractivity contribution in [3.05, 3.63) is 35.9 Å². The summed E-state index contributed by atoms with van der Waals surface area (Å²) >= 11 is 0. The zero-order valence-corrected chi connectivity index (χ0v) is 9.98. The third-order valence-corrected chi connectivity index (χ3v) is 1.84. The summed E-state index contributed by atoms with van der Waals surface area (Å²) < 4.78 is 4.55. The second-order valence-electron chi connectivity index (χ2n) is 3.12. The fraction of sp³-hybridized carbons (Fsp3) is 0.462. The maximum Gasteiger partial charge on any atom is 0.305 e. The van der Waals surface area contributed by atoms with E-state index in [0.29, 0.717) is 13.0 Å². The summed E-state index contributed by atoms with van der Waals surface area (Å²) in [7, 11) is 0. The normalized spacial score (nSPS) is 8.94. The largest absolute Gasteiger partial charge is 0.466 e. The van der Waals surface area contributed by atoms with Crippen molar-refractivity contribution >= 4 is 5.97 Å². The molecule has 0 radical (unpaired) electrons. The maximum atomic E-state index is 10.2. The van der Waals surface area contributed by atoms with Crippen molar-refractivity contribution in [2.24, 2.45) is 0 Å². The van der Waals surface area contributed by atoms with Crippen LogP contribution in [0.15, 0.2) is 30.3 Å². The van der Waals surface area contributed by atoms with Crippen molar-refractivity contribution < 1.29 is 14.6 Å². The first-order valence-electron chi connectivity index (χ1n) is 5.55. The molecule has 1 aromatic rings. The van der Waals surface area contributed by atoms with Crippen molar-refractivity contribution in [3.63, 3.8) is 0 Å². The Kier molecular flexibility index (Phi) is 9.32. The predicted molar refractivity (Wildman–Crippen MR) is 64.2 cm³/mol. The molecule has 0 aromatic heterocycles. The van der Waals surface area contributed by atoms with E-state index in [9.17, 15) is 4.79 Å². The number of esters is 1. The van der Waals surface area contributed by atoms with Crippen LogP contribution >= 0.6 is 0 Å². The van der Waals surface area contributed by atoms with Gasteiger partial charge in [-0.1, -0.05) is 37.3 Å². The first-order chi connectivity index (χ1) is 7.74. The van der Waals surface area contributed by atoms with E-state index >= 15 is 0 Å². The minimum atomic E-state index is -0.123. The molecule has 0 bridgehead atoms. The summed E-state index contributed by atoms with van der Waals surface area (Å²) in [4.78, 5) is 10.2. The number of rotatable bonds is 4. The van der Waals surface area contributed by atoms with Gasteiger partial charge < -0.3 is 9.84 Å². The highest BCUT2D eigenvalue weighted by molar-refractivity contribution is 5.68. The quantitative estimate of drug-likeness (QED) is 0.797.